The zero-order valence-corrected chi connectivity index (χ0v) is 36.0. The lowest BCUT2D eigenvalue weighted by Crippen LogP contribution is -2.33. The molecule has 9 aromatic rings. The minimum Gasteiger partial charge on any atom is -0.311 e. The van der Waals surface area contributed by atoms with Crippen LogP contribution in [0.15, 0.2) is 194 Å². The van der Waals surface area contributed by atoms with Gasteiger partial charge in [0.15, 0.2) is 0 Å². The summed E-state index contributed by atoms with van der Waals surface area (Å²) in [5.41, 5.74) is 18.5. The second kappa shape index (κ2) is 13.4. The molecule has 2 aliphatic heterocycles. The molecule has 0 amide bonds. The topological polar surface area (TPSA) is 11.4 Å². The number of rotatable bonds is 7. The Morgan fingerprint density at radius 1 is 0.468 bits per heavy atom. The number of fused-ring (bicyclic) bond motifs is 2. The third kappa shape index (κ3) is 5.37. The molecular weight excluding hydrogens is 751 g/mol. The van der Waals surface area contributed by atoms with Gasteiger partial charge in [0.25, 0.3) is 0 Å². The SMILES string of the molecule is CC1C=CC(N(c2ccc(-c3cc4c5c(c3)c3cc(N(c6ccccc6)c6ccccc6)cc6c3n5-c3c(cccc3C6(C)C)C4(C)C)cc2)c2ccc3ccccc3c2)=CC1. The van der Waals surface area contributed by atoms with E-state index in [1.165, 1.54) is 88.7 Å². The summed E-state index contributed by atoms with van der Waals surface area (Å²) in [6.45, 7) is 12.0. The van der Waals surface area contributed by atoms with Crippen molar-refractivity contribution in [3.63, 3.8) is 0 Å². The van der Waals surface area contributed by atoms with Crippen molar-refractivity contribution >= 4 is 61.0 Å². The Morgan fingerprint density at radius 2 is 1.05 bits per heavy atom. The molecule has 0 bridgehead atoms. The summed E-state index contributed by atoms with van der Waals surface area (Å²) in [6, 6.07) is 63.3. The summed E-state index contributed by atoms with van der Waals surface area (Å²) in [4.78, 5) is 4.84. The van der Waals surface area contributed by atoms with Crippen LogP contribution in [0.2, 0.25) is 0 Å². The molecule has 0 saturated heterocycles. The van der Waals surface area contributed by atoms with Crippen LogP contribution < -0.4 is 9.80 Å². The molecule has 0 saturated carbocycles. The molecule has 3 heterocycles. The van der Waals surface area contributed by atoms with Gasteiger partial charge in [-0.15, -0.1) is 0 Å². The normalized spacial score (nSPS) is 16.5. The lowest BCUT2D eigenvalue weighted by atomic mass is 9.68. The van der Waals surface area contributed by atoms with Gasteiger partial charge in [0.2, 0.25) is 0 Å². The molecule has 1 atom stereocenters. The molecule has 12 rings (SSSR count). The second-order valence-electron chi connectivity index (χ2n) is 18.7. The minimum absolute atomic E-state index is 0.218. The van der Waals surface area contributed by atoms with Gasteiger partial charge in [-0.25, -0.2) is 0 Å². The van der Waals surface area contributed by atoms with Crippen molar-refractivity contribution in [1.82, 2.24) is 4.57 Å². The Morgan fingerprint density at radius 3 is 1.69 bits per heavy atom. The molecule has 3 nitrogen and oxygen atoms in total. The van der Waals surface area contributed by atoms with E-state index in [0.717, 1.165) is 23.5 Å². The van der Waals surface area contributed by atoms with Gasteiger partial charge in [-0.05, 0) is 135 Å². The summed E-state index contributed by atoms with van der Waals surface area (Å²) in [5, 5.41) is 5.09. The van der Waals surface area contributed by atoms with Crippen LogP contribution in [0.1, 0.15) is 63.3 Å². The second-order valence-corrected chi connectivity index (χ2v) is 18.7. The van der Waals surface area contributed by atoms with Gasteiger partial charge < -0.3 is 14.4 Å². The highest BCUT2D eigenvalue weighted by Gasteiger charge is 2.44. The average molecular weight is 800 g/mol. The van der Waals surface area contributed by atoms with Crippen LogP contribution in [-0.4, -0.2) is 4.57 Å². The maximum Gasteiger partial charge on any atom is 0.0583 e. The first-order chi connectivity index (χ1) is 30.2. The fourth-order valence-corrected chi connectivity index (χ4v) is 10.9. The van der Waals surface area contributed by atoms with Gasteiger partial charge in [0.1, 0.15) is 0 Å². The van der Waals surface area contributed by atoms with Crippen molar-refractivity contribution in [3.8, 4) is 16.8 Å². The fourth-order valence-electron chi connectivity index (χ4n) is 10.9. The van der Waals surface area contributed by atoms with Crippen LogP contribution in [-0.2, 0) is 10.8 Å². The molecule has 3 aliphatic rings. The van der Waals surface area contributed by atoms with Crippen molar-refractivity contribution in [2.24, 2.45) is 5.92 Å². The zero-order chi connectivity index (χ0) is 41.9. The average Bonchev–Trinajstić information content (AvgIpc) is 3.63. The van der Waals surface area contributed by atoms with Crippen LogP contribution in [0, 0.1) is 5.92 Å². The largest absolute Gasteiger partial charge is 0.311 e. The predicted octanol–water partition coefficient (Wildman–Crippen LogP) is 16.0. The highest BCUT2D eigenvalue weighted by molar-refractivity contribution is 6.16. The smallest absolute Gasteiger partial charge is 0.0583 e. The number of allylic oxidation sites excluding steroid dienone is 3. The Balaban J connectivity index is 1.08. The van der Waals surface area contributed by atoms with E-state index in [1.807, 2.05) is 0 Å². The lowest BCUT2D eigenvalue weighted by molar-refractivity contribution is 0.594. The van der Waals surface area contributed by atoms with Gasteiger partial charge in [0, 0.05) is 55.7 Å². The van der Waals surface area contributed by atoms with Crippen LogP contribution in [0.3, 0.4) is 0 Å². The van der Waals surface area contributed by atoms with Gasteiger partial charge in [-0.1, -0.05) is 144 Å². The molecule has 0 fully saturated rings. The number of nitrogens with zero attached hydrogens (tertiary/aromatic N) is 3. The van der Waals surface area contributed by atoms with E-state index in [-0.39, 0.29) is 10.8 Å². The number of para-hydroxylation sites is 3. The zero-order valence-electron chi connectivity index (χ0n) is 36.0. The molecule has 300 valence electrons. The lowest BCUT2D eigenvalue weighted by Gasteiger charge is -2.42. The summed E-state index contributed by atoms with van der Waals surface area (Å²) in [5.74, 6) is 0.534. The third-order valence-corrected chi connectivity index (χ3v) is 14.2. The highest BCUT2D eigenvalue weighted by Crippen LogP contribution is 2.57. The van der Waals surface area contributed by atoms with Gasteiger partial charge in [-0.3, -0.25) is 0 Å². The molecule has 8 aromatic carbocycles. The number of aromatic nitrogens is 1. The molecule has 3 heteroatoms. The minimum atomic E-state index is -0.229. The van der Waals surface area contributed by atoms with E-state index in [0.29, 0.717) is 5.92 Å². The van der Waals surface area contributed by atoms with Crippen molar-refractivity contribution < 1.29 is 0 Å². The van der Waals surface area contributed by atoms with Gasteiger partial charge in [-0.2, -0.15) is 0 Å². The van der Waals surface area contributed by atoms with E-state index < -0.39 is 0 Å². The molecule has 1 aromatic heterocycles. The molecular formula is C59H49N3. The van der Waals surface area contributed by atoms with Crippen LogP contribution in [0.5, 0.6) is 0 Å². The molecule has 0 N–H and O–H groups in total. The Hall–Kier alpha value is -7.10. The Kier molecular flexibility index (Phi) is 7.97. The van der Waals surface area contributed by atoms with Crippen molar-refractivity contribution in [2.45, 2.75) is 51.9 Å². The Bertz CT molecular complexity index is 3290. The van der Waals surface area contributed by atoms with E-state index in [2.05, 4.69) is 237 Å². The van der Waals surface area contributed by atoms with Gasteiger partial charge >= 0.3 is 0 Å². The molecule has 0 radical (unpaired) electrons. The van der Waals surface area contributed by atoms with Crippen molar-refractivity contribution in [3.05, 3.63) is 216 Å². The van der Waals surface area contributed by atoms with Crippen LogP contribution in [0.4, 0.5) is 28.4 Å². The van der Waals surface area contributed by atoms with E-state index >= 15 is 0 Å². The van der Waals surface area contributed by atoms with E-state index in [9.17, 15) is 0 Å². The first kappa shape index (κ1) is 36.7. The number of hydrogen-bond acceptors (Lipinski definition) is 2. The number of hydrogen-bond donors (Lipinski definition) is 0. The predicted molar refractivity (Wildman–Crippen MR) is 262 cm³/mol. The molecule has 1 unspecified atom stereocenters. The van der Waals surface area contributed by atoms with Crippen molar-refractivity contribution in [1.29, 1.82) is 0 Å². The standard InChI is InChI=1S/C59H49N3/c1-38-23-28-45(29-24-38)60(47-32-27-39-15-12-13-16-41(39)33-47)46-30-25-40(26-31-46)42-34-49-50-36-48(61(43-17-8-6-9-18-43)44-19-10-7-11-20-44)37-54-56(50)62-55(49)53(35-42)58(2,3)51-21-14-22-52(57(51)62)59(54,4)5/h6-23,25-38H,24H2,1-5H3. The molecule has 62 heavy (non-hydrogen) atoms. The maximum atomic E-state index is 2.64. The number of benzene rings is 8. The molecule has 0 spiro atoms. The summed E-state index contributed by atoms with van der Waals surface area (Å²) < 4.78 is 2.64. The van der Waals surface area contributed by atoms with Crippen LogP contribution >= 0.6 is 0 Å². The summed E-state index contributed by atoms with van der Waals surface area (Å²) in [7, 11) is 0. The molecule has 1 aliphatic carbocycles. The van der Waals surface area contributed by atoms with E-state index in [1.54, 1.807) is 0 Å². The quantitative estimate of drug-likeness (QED) is 0.159. The third-order valence-electron chi connectivity index (χ3n) is 14.2. The van der Waals surface area contributed by atoms with Crippen molar-refractivity contribution in [2.75, 3.05) is 9.80 Å². The highest BCUT2D eigenvalue weighted by atomic mass is 15.2. The van der Waals surface area contributed by atoms with Crippen LogP contribution in [0.25, 0.3) is 49.4 Å². The first-order valence-electron chi connectivity index (χ1n) is 22.2. The monoisotopic (exact) mass is 799 g/mol. The summed E-state index contributed by atoms with van der Waals surface area (Å²) in [6.07, 6.45) is 8.05. The fraction of sp³-hybridized carbons (Fsp3) is 0.153. The first-order valence-corrected chi connectivity index (χ1v) is 22.2. The van der Waals surface area contributed by atoms with E-state index in [4.69, 9.17) is 0 Å². The Labute approximate surface area is 364 Å². The summed E-state index contributed by atoms with van der Waals surface area (Å²) >= 11 is 0. The maximum absolute atomic E-state index is 2.64. The number of anilines is 5. The van der Waals surface area contributed by atoms with Gasteiger partial charge in [0.05, 0.1) is 16.7 Å².